The van der Waals surface area contributed by atoms with Crippen molar-refractivity contribution >= 4 is 15.9 Å². The maximum atomic E-state index is 12.3. The van der Waals surface area contributed by atoms with Gasteiger partial charge in [-0.2, -0.15) is 5.10 Å². The minimum Gasteiger partial charge on any atom is -0.337 e. The predicted molar refractivity (Wildman–Crippen MR) is 69.0 cm³/mol. The zero-order valence-electron chi connectivity index (χ0n) is 11.2. The summed E-state index contributed by atoms with van der Waals surface area (Å²) in [6.07, 6.45) is 0.882. The Morgan fingerprint density at radius 3 is 2.58 bits per heavy atom. The van der Waals surface area contributed by atoms with Gasteiger partial charge in [0.05, 0.1) is 5.69 Å². The van der Waals surface area contributed by atoms with E-state index in [0.717, 1.165) is 6.42 Å². The van der Waals surface area contributed by atoms with Gasteiger partial charge in [-0.3, -0.25) is 9.89 Å². The molecule has 0 radical (unpaired) electrons. The lowest BCUT2D eigenvalue weighted by Crippen LogP contribution is -2.32. The second-order valence-electron chi connectivity index (χ2n) is 5.71. The Labute approximate surface area is 112 Å². The summed E-state index contributed by atoms with van der Waals surface area (Å²) in [4.78, 5) is 13.7. The van der Waals surface area contributed by atoms with E-state index in [2.05, 4.69) is 24.0 Å². The Balaban J connectivity index is 2.37. The molecule has 1 aromatic rings. The van der Waals surface area contributed by atoms with Crippen molar-refractivity contribution in [3.8, 4) is 0 Å². The number of H-pyrrole nitrogens is 1. The topological polar surface area (TPSA) is 109 Å². The van der Waals surface area contributed by atoms with Crippen molar-refractivity contribution in [3.63, 3.8) is 0 Å². The van der Waals surface area contributed by atoms with Crippen LogP contribution in [0, 0.1) is 12.3 Å². The van der Waals surface area contributed by atoms with Crippen LogP contribution in [0.5, 0.6) is 0 Å². The summed E-state index contributed by atoms with van der Waals surface area (Å²) in [5.41, 5.74) is 0.213. The number of sulfonamides is 1. The maximum absolute atomic E-state index is 12.3. The van der Waals surface area contributed by atoms with Crippen LogP contribution in [-0.2, 0) is 10.0 Å². The maximum Gasteiger partial charge on any atom is 0.275 e. The summed E-state index contributed by atoms with van der Waals surface area (Å²) in [5, 5.41) is 11.4. The lowest BCUT2D eigenvalue weighted by Gasteiger charge is -2.19. The number of likely N-dealkylation sites (tertiary alicyclic amines) is 1. The lowest BCUT2D eigenvalue weighted by atomic mass is 9.93. The molecule has 19 heavy (non-hydrogen) atoms. The molecule has 1 aliphatic rings. The van der Waals surface area contributed by atoms with E-state index < -0.39 is 10.0 Å². The first kappa shape index (κ1) is 14.0. The number of aromatic amines is 1. The fourth-order valence-corrected chi connectivity index (χ4v) is 3.22. The Bertz CT molecular complexity index is 618. The molecule has 1 saturated heterocycles. The molecule has 3 N–H and O–H groups in total. The van der Waals surface area contributed by atoms with Crippen LogP contribution in [0.2, 0.25) is 0 Å². The molecule has 0 bridgehead atoms. The molecule has 8 heteroatoms. The number of nitrogens with one attached hydrogen (secondary N) is 1. The van der Waals surface area contributed by atoms with E-state index in [0.29, 0.717) is 13.1 Å². The molecule has 0 unspecified atom stereocenters. The average Bonchev–Trinajstić information content (AvgIpc) is 2.79. The number of aromatic nitrogens is 2. The van der Waals surface area contributed by atoms with Crippen molar-refractivity contribution in [1.29, 1.82) is 0 Å². The number of carbonyl (C=O) groups is 1. The van der Waals surface area contributed by atoms with E-state index in [1.165, 1.54) is 6.92 Å². The second kappa shape index (κ2) is 4.31. The van der Waals surface area contributed by atoms with Crippen molar-refractivity contribution < 1.29 is 13.2 Å². The number of hydrogen-bond donors (Lipinski definition) is 2. The molecule has 1 fully saturated rings. The zero-order valence-corrected chi connectivity index (χ0v) is 12.0. The number of rotatable bonds is 2. The predicted octanol–water partition coefficient (Wildman–Crippen LogP) is 0.238. The number of nitrogens with two attached hydrogens (primary N) is 1. The SMILES string of the molecule is Cc1[nH]nc(C(=O)N2CCC(C)(C)C2)c1S(N)(=O)=O. The highest BCUT2D eigenvalue weighted by Gasteiger charge is 2.36. The molecule has 2 heterocycles. The first-order chi connectivity index (χ1) is 8.62. The number of aryl methyl sites for hydroxylation is 1. The zero-order chi connectivity index (χ0) is 14.4. The fourth-order valence-electron chi connectivity index (χ4n) is 2.35. The van der Waals surface area contributed by atoms with Crippen molar-refractivity contribution in [2.45, 2.75) is 32.1 Å². The van der Waals surface area contributed by atoms with Crippen LogP contribution in [0.3, 0.4) is 0 Å². The largest absolute Gasteiger partial charge is 0.337 e. The molecule has 0 saturated carbocycles. The molecule has 1 aromatic heterocycles. The van der Waals surface area contributed by atoms with Gasteiger partial charge in [-0.05, 0) is 18.8 Å². The van der Waals surface area contributed by atoms with Gasteiger partial charge in [-0.15, -0.1) is 0 Å². The van der Waals surface area contributed by atoms with E-state index in [4.69, 9.17) is 5.14 Å². The monoisotopic (exact) mass is 286 g/mol. The Hall–Kier alpha value is -1.41. The molecule has 106 valence electrons. The highest BCUT2D eigenvalue weighted by molar-refractivity contribution is 7.89. The highest BCUT2D eigenvalue weighted by Crippen LogP contribution is 2.30. The van der Waals surface area contributed by atoms with Crippen molar-refractivity contribution in [1.82, 2.24) is 15.1 Å². The van der Waals surface area contributed by atoms with E-state index >= 15 is 0 Å². The smallest absolute Gasteiger partial charge is 0.275 e. The normalized spacial score (nSPS) is 18.8. The number of nitrogens with zero attached hydrogens (tertiary/aromatic N) is 2. The first-order valence-corrected chi connectivity index (χ1v) is 7.53. The lowest BCUT2D eigenvalue weighted by molar-refractivity contribution is 0.0768. The Morgan fingerprint density at radius 1 is 1.47 bits per heavy atom. The van der Waals surface area contributed by atoms with Gasteiger partial charge in [0.15, 0.2) is 5.69 Å². The molecular weight excluding hydrogens is 268 g/mol. The number of carbonyl (C=O) groups excluding carboxylic acids is 1. The summed E-state index contributed by atoms with van der Waals surface area (Å²) in [5.74, 6) is -0.390. The highest BCUT2D eigenvalue weighted by atomic mass is 32.2. The average molecular weight is 286 g/mol. The third-order valence-corrected chi connectivity index (χ3v) is 4.41. The van der Waals surface area contributed by atoms with E-state index in [1.807, 2.05) is 0 Å². The Kier molecular flexibility index (Phi) is 3.18. The van der Waals surface area contributed by atoms with Crippen molar-refractivity contribution in [3.05, 3.63) is 11.4 Å². The van der Waals surface area contributed by atoms with Gasteiger partial charge in [0.25, 0.3) is 5.91 Å². The summed E-state index contributed by atoms with van der Waals surface area (Å²) in [6, 6.07) is 0. The van der Waals surface area contributed by atoms with E-state index in [1.54, 1.807) is 4.90 Å². The summed E-state index contributed by atoms with van der Waals surface area (Å²) >= 11 is 0. The molecule has 0 spiro atoms. The van der Waals surface area contributed by atoms with Gasteiger partial charge < -0.3 is 4.90 Å². The van der Waals surface area contributed by atoms with E-state index in [-0.39, 0.29) is 27.6 Å². The third kappa shape index (κ3) is 2.64. The van der Waals surface area contributed by atoms with Crippen molar-refractivity contribution in [2.75, 3.05) is 13.1 Å². The number of amides is 1. The molecule has 0 aliphatic carbocycles. The molecule has 0 aromatic carbocycles. The van der Waals surface area contributed by atoms with Crippen LogP contribution in [0.15, 0.2) is 4.90 Å². The van der Waals surface area contributed by atoms with Crippen LogP contribution < -0.4 is 5.14 Å². The van der Waals surface area contributed by atoms with Gasteiger partial charge in [0, 0.05) is 13.1 Å². The van der Waals surface area contributed by atoms with E-state index in [9.17, 15) is 13.2 Å². The van der Waals surface area contributed by atoms with Crippen LogP contribution in [0.4, 0.5) is 0 Å². The van der Waals surface area contributed by atoms with Crippen molar-refractivity contribution in [2.24, 2.45) is 10.6 Å². The number of hydrogen-bond acceptors (Lipinski definition) is 4. The summed E-state index contributed by atoms with van der Waals surface area (Å²) in [6.45, 7) is 6.84. The molecule has 1 amide bonds. The molecular formula is C11H18N4O3S. The first-order valence-electron chi connectivity index (χ1n) is 5.99. The Morgan fingerprint density at radius 2 is 2.11 bits per heavy atom. The third-order valence-electron chi connectivity index (χ3n) is 3.34. The summed E-state index contributed by atoms with van der Waals surface area (Å²) in [7, 11) is -3.97. The summed E-state index contributed by atoms with van der Waals surface area (Å²) < 4.78 is 23.1. The van der Waals surface area contributed by atoms with Gasteiger partial charge >= 0.3 is 0 Å². The minimum atomic E-state index is -3.97. The van der Waals surface area contributed by atoms with Gasteiger partial charge in [-0.25, -0.2) is 13.6 Å². The van der Waals surface area contributed by atoms with Crippen LogP contribution in [0.1, 0.15) is 36.5 Å². The molecule has 7 nitrogen and oxygen atoms in total. The quantitative estimate of drug-likeness (QED) is 0.811. The molecule has 1 aliphatic heterocycles. The fraction of sp³-hybridized carbons (Fsp3) is 0.636. The minimum absolute atomic E-state index is 0.0444. The number of primary sulfonamides is 1. The second-order valence-corrected chi connectivity index (χ2v) is 7.21. The standard InChI is InChI=1S/C11H18N4O3S/c1-7-9(19(12,17)18)8(14-13-7)10(16)15-5-4-11(2,3)6-15/h4-6H2,1-3H3,(H,13,14)(H2,12,17,18). The molecule has 2 rings (SSSR count). The van der Waals surface area contributed by atoms with Crippen LogP contribution >= 0.6 is 0 Å². The van der Waals surface area contributed by atoms with Gasteiger partial charge in [0.2, 0.25) is 10.0 Å². The van der Waals surface area contributed by atoms with Gasteiger partial charge in [0.1, 0.15) is 4.90 Å². The molecule has 0 atom stereocenters. The van der Waals surface area contributed by atoms with Crippen LogP contribution in [-0.4, -0.2) is 42.5 Å². The van der Waals surface area contributed by atoms with Crippen LogP contribution in [0.25, 0.3) is 0 Å². The van der Waals surface area contributed by atoms with Gasteiger partial charge in [-0.1, -0.05) is 13.8 Å².